The van der Waals surface area contributed by atoms with Crippen molar-refractivity contribution < 1.29 is 0 Å². The number of nitriles is 1. The van der Waals surface area contributed by atoms with E-state index >= 15 is 0 Å². The van der Waals surface area contributed by atoms with Gasteiger partial charge >= 0.3 is 0 Å². The highest BCUT2D eigenvalue weighted by molar-refractivity contribution is 9.10. The van der Waals surface area contributed by atoms with Crippen LogP contribution in [0, 0.1) is 11.3 Å². The first-order chi connectivity index (χ1) is 8.22. The van der Waals surface area contributed by atoms with Crippen molar-refractivity contribution in [2.24, 2.45) is 0 Å². The lowest BCUT2D eigenvalue weighted by Gasteiger charge is -2.31. The lowest BCUT2D eigenvalue weighted by Crippen LogP contribution is -2.42. The molecule has 0 radical (unpaired) electrons. The molecule has 0 aliphatic carbocycles. The Morgan fingerprint density at radius 3 is 3.12 bits per heavy atom. The molecule has 0 spiro atoms. The van der Waals surface area contributed by atoms with E-state index in [2.05, 4.69) is 45.3 Å². The molecule has 1 N–H and O–H groups in total. The quantitative estimate of drug-likeness (QED) is 0.797. The summed E-state index contributed by atoms with van der Waals surface area (Å²) in [6, 6.07) is 6.95. The van der Waals surface area contributed by atoms with Crippen molar-refractivity contribution >= 4 is 21.6 Å². The van der Waals surface area contributed by atoms with Crippen molar-refractivity contribution in [2.75, 3.05) is 25.0 Å². The molecule has 0 saturated carbocycles. The van der Waals surface area contributed by atoms with E-state index in [0.29, 0.717) is 12.0 Å². The largest absolute Gasteiger partial charge is 0.370 e. The molecule has 4 heteroatoms. The molecule has 2 aliphatic rings. The van der Waals surface area contributed by atoms with Crippen LogP contribution < -0.4 is 10.2 Å². The van der Waals surface area contributed by atoms with Gasteiger partial charge in [-0.1, -0.05) is 15.9 Å². The number of hydrogen-bond acceptors (Lipinski definition) is 3. The third-order valence-electron chi connectivity index (χ3n) is 3.92. The van der Waals surface area contributed by atoms with Crippen LogP contribution in [0.15, 0.2) is 16.6 Å². The number of benzene rings is 1. The maximum Gasteiger partial charge on any atom is 0.101 e. The minimum atomic E-state index is 0.522. The number of nitrogens with zero attached hydrogens (tertiary/aromatic N) is 2. The molecule has 17 heavy (non-hydrogen) atoms. The number of likely N-dealkylation sites (N-methyl/N-ethyl adjacent to an activating group) is 1. The van der Waals surface area contributed by atoms with Crippen LogP contribution in [0.4, 0.5) is 5.69 Å². The Bertz CT molecular complexity index is 506. The molecule has 1 unspecified atom stereocenters. The first kappa shape index (κ1) is 11.1. The van der Waals surface area contributed by atoms with Gasteiger partial charge in [-0.25, -0.2) is 0 Å². The Morgan fingerprint density at radius 1 is 1.53 bits per heavy atom. The molecule has 1 saturated heterocycles. The summed E-state index contributed by atoms with van der Waals surface area (Å²) in [6.07, 6.45) is 1.15. The first-order valence-electron chi connectivity index (χ1n) is 5.89. The zero-order valence-corrected chi connectivity index (χ0v) is 11.3. The van der Waals surface area contributed by atoms with Crippen LogP contribution in [0.1, 0.15) is 23.5 Å². The number of nitrogens with one attached hydrogen (secondary N) is 1. The highest BCUT2D eigenvalue weighted by Gasteiger charge is 2.39. The molecule has 0 amide bonds. The summed E-state index contributed by atoms with van der Waals surface area (Å²) < 4.78 is 1.01. The maximum absolute atomic E-state index is 9.26. The molecule has 3 rings (SSSR count). The highest BCUT2D eigenvalue weighted by Crippen LogP contribution is 2.45. The first-order valence-corrected chi connectivity index (χ1v) is 6.68. The Balaban J connectivity index is 2.17. The van der Waals surface area contributed by atoms with Gasteiger partial charge < -0.3 is 10.2 Å². The topological polar surface area (TPSA) is 39.1 Å². The zero-order chi connectivity index (χ0) is 12.0. The van der Waals surface area contributed by atoms with Crippen LogP contribution in [0.2, 0.25) is 0 Å². The van der Waals surface area contributed by atoms with Gasteiger partial charge in [-0.3, -0.25) is 0 Å². The van der Waals surface area contributed by atoms with E-state index in [1.54, 1.807) is 0 Å². The van der Waals surface area contributed by atoms with Crippen LogP contribution in [0.25, 0.3) is 0 Å². The monoisotopic (exact) mass is 291 g/mol. The van der Waals surface area contributed by atoms with Gasteiger partial charge in [0.05, 0.1) is 11.3 Å². The molecular weight excluding hydrogens is 278 g/mol. The highest BCUT2D eigenvalue weighted by atomic mass is 79.9. The summed E-state index contributed by atoms with van der Waals surface area (Å²) in [5, 5.41) is 12.7. The summed E-state index contributed by atoms with van der Waals surface area (Å²) >= 11 is 3.50. The predicted octanol–water partition coefficient (Wildman–Crippen LogP) is 2.22. The van der Waals surface area contributed by atoms with E-state index in [-0.39, 0.29) is 0 Å². The van der Waals surface area contributed by atoms with Crippen molar-refractivity contribution in [3.05, 3.63) is 27.7 Å². The molecule has 0 aromatic heterocycles. The van der Waals surface area contributed by atoms with E-state index in [0.717, 1.165) is 35.2 Å². The number of halogens is 1. The van der Waals surface area contributed by atoms with Crippen LogP contribution in [-0.4, -0.2) is 26.2 Å². The summed E-state index contributed by atoms with van der Waals surface area (Å²) in [5.41, 5.74) is 3.23. The van der Waals surface area contributed by atoms with Gasteiger partial charge in [0.1, 0.15) is 6.07 Å². The third kappa shape index (κ3) is 1.57. The van der Waals surface area contributed by atoms with Crippen LogP contribution >= 0.6 is 15.9 Å². The Hall–Kier alpha value is -1.05. The van der Waals surface area contributed by atoms with Crippen molar-refractivity contribution in [3.63, 3.8) is 0 Å². The number of piperidine rings is 1. The Kier molecular flexibility index (Phi) is 2.61. The van der Waals surface area contributed by atoms with Gasteiger partial charge in [0, 0.05) is 30.0 Å². The van der Waals surface area contributed by atoms with E-state index in [1.165, 1.54) is 5.56 Å². The van der Waals surface area contributed by atoms with Gasteiger partial charge in [0.25, 0.3) is 0 Å². The third-order valence-corrected chi connectivity index (χ3v) is 4.38. The minimum absolute atomic E-state index is 0.522. The number of anilines is 1. The normalized spacial score (nSPS) is 26.3. The Morgan fingerprint density at radius 2 is 2.35 bits per heavy atom. The van der Waals surface area contributed by atoms with E-state index in [9.17, 15) is 5.26 Å². The second-order valence-corrected chi connectivity index (χ2v) is 5.70. The van der Waals surface area contributed by atoms with Crippen molar-refractivity contribution in [1.82, 2.24) is 5.32 Å². The van der Waals surface area contributed by atoms with Gasteiger partial charge in [0.2, 0.25) is 0 Å². The van der Waals surface area contributed by atoms with E-state index < -0.39 is 0 Å². The van der Waals surface area contributed by atoms with Crippen LogP contribution in [0.5, 0.6) is 0 Å². The summed E-state index contributed by atoms with van der Waals surface area (Å²) in [4.78, 5) is 2.30. The fourth-order valence-electron chi connectivity index (χ4n) is 3.17. The van der Waals surface area contributed by atoms with Crippen LogP contribution in [0.3, 0.4) is 0 Å². The molecule has 88 valence electrons. The summed E-state index contributed by atoms with van der Waals surface area (Å²) in [7, 11) is 2.11. The number of rotatable bonds is 0. The van der Waals surface area contributed by atoms with Crippen molar-refractivity contribution in [2.45, 2.75) is 18.4 Å². The second-order valence-electron chi connectivity index (χ2n) is 4.78. The number of fused-ring (bicyclic) bond motifs is 3. The van der Waals surface area contributed by atoms with Gasteiger partial charge in [0.15, 0.2) is 0 Å². The molecule has 2 aliphatic heterocycles. The summed E-state index contributed by atoms with van der Waals surface area (Å²) in [6.45, 7) is 2.09. The SMILES string of the molecule is CN1c2c(C#N)cc(Br)cc2C2CNCC[C@@H]21. The van der Waals surface area contributed by atoms with Crippen molar-refractivity contribution in [3.8, 4) is 6.07 Å². The van der Waals surface area contributed by atoms with Gasteiger partial charge in [-0.2, -0.15) is 5.26 Å². The lowest BCUT2D eigenvalue weighted by molar-refractivity contribution is 0.413. The maximum atomic E-state index is 9.26. The molecule has 3 nitrogen and oxygen atoms in total. The summed E-state index contributed by atoms with van der Waals surface area (Å²) in [5.74, 6) is 0.522. The molecule has 0 bridgehead atoms. The second kappa shape index (κ2) is 4.01. The van der Waals surface area contributed by atoms with Crippen molar-refractivity contribution in [1.29, 1.82) is 5.26 Å². The predicted molar refractivity (Wildman–Crippen MR) is 71.3 cm³/mol. The van der Waals surface area contributed by atoms with E-state index in [1.807, 2.05) is 6.07 Å². The Labute approximate surface area is 110 Å². The molecule has 2 heterocycles. The van der Waals surface area contributed by atoms with Crippen LogP contribution in [-0.2, 0) is 0 Å². The molecular formula is C13H14BrN3. The van der Waals surface area contributed by atoms with Gasteiger partial charge in [-0.05, 0) is 30.7 Å². The zero-order valence-electron chi connectivity index (χ0n) is 9.70. The van der Waals surface area contributed by atoms with E-state index in [4.69, 9.17) is 0 Å². The minimum Gasteiger partial charge on any atom is -0.370 e. The molecule has 1 aromatic carbocycles. The standard InChI is InChI=1S/C13H14BrN3/c1-17-12-2-3-16-7-11(12)10-5-9(14)4-8(6-15)13(10)17/h4-5,11-12,16H,2-3,7H2,1H3/t11?,12-/m0/s1. The molecule has 2 atom stereocenters. The lowest BCUT2D eigenvalue weighted by atomic mass is 9.90. The smallest absolute Gasteiger partial charge is 0.101 e. The molecule has 1 fully saturated rings. The fraction of sp³-hybridized carbons (Fsp3) is 0.462. The molecule has 1 aromatic rings. The number of hydrogen-bond donors (Lipinski definition) is 1. The average Bonchev–Trinajstić information content (AvgIpc) is 2.63. The fourth-order valence-corrected chi connectivity index (χ4v) is 3.65. The average molecular weight is 292 g/mol. The van der Waals surface area contributed by atoms with Gasteiger partial charge in [-0.15, -0.1) is 0 Å².